The summed E-state index contributed by atoms with van der Waals surface area (Å²) < 4.78 is 32.0. The van der Waals surface area contributed by atoms with Gasteiger partial charge in [0.15, 0.2) is 0 Å². The summed E-state index contributed by atoms with van der Waals surface area (Å²) in [6.07, 6.45) is 0.799. The summed E-state index contributed by atoms with van der Waals surface area (Å²) >= 11 is 0. The van der Waals surface area contributed by atoms with Crippen LogP contribution in [0.2, 0.25) is 0 Å². The molecule has 0 radical (unpaired) electrons. The third kappa shape index (κ3) is 2.50. The molecule has 0 spiro atoms. The summed E-state index contributed by atoms with van der Waals surface area (Å²) in [6.45, 7) is 0. The molecule has 0 aliphatic heterocycles. The van der Waals surface area contributed by atoms with Gasteiger partial charge in [-0.25, -0.2) is 8.78 Å². The van der Waals surface area contributed by atoms with E-state index in [0.717, 1.165) is 11.0 Å². The first-order valence-electron chi connectivity index (χ1n) is 6.67. The van der Waals surface area contributed by atoms with Gasteiger partial charge in [-0.3, -0.25) is 0 Å². The molecular formula is C15H17F2NO. The lowest BCUT2D eigenvalue weighted by Crippen LogP contribution is -2.30. The smallest absolute Gasteiger partial charge is 0.248 e. The van der Waals surface area contributed by atoms with Crippen LogP contribution in [0.5, 0.6) is 0 Å². The van der Waals surface area contributed by atoms with E-state index in [0.29, 0.717) is 18.6 Å². The van der Waals surface area contributed by atoms with Crippen LogP contribution in [0.15, 0.2) is 34.7 Å². The number of hydrogen-bond donors (Lipinski definition) is 1. The van der Waals surface area contributed by atoms with Crippen molar-refractivity contribution in [1.29, 1.82) is 0 Å². The molecule has 2 nitrogen and oxygen atoms in total. The molecule has 2 aromatic rings. The topological polar surface area (TPSA) is 39.2 Å². The number of halogens is 2. The number of fused-ring (bicyclic) bond motifs is 1. The fourth-order valence-electron chi connectivity index (χ4n) is 2.82. The van der Waals surface area contributed by atoms with Gasteiger partial charge in [0.05, 0.1) is 6.04 Å². The van der Waals surface area contributed by atoms with Gasteiger partial charge in [-0.2, -0.15) is 0 Å². The van der Waals surface area contributed by atoms with Crippen LogP contribution >= 0.6 is 0 Å². The Kier molecular flexibility index (Phi) is 3.05. The molecular weight excluding hydrogens is 248 g/mol. The molecule has 1 fully saturated rings. The van der Waals surface area contributed by atoms with Crippen LogP contribution in [-0.2, 0) is 0 Å². The van der Waals surface area contributed by atoms with Crippen molar-refractivity contribution in [2.75, 3.05) is 0 Å². The average Bonchev–Trinajstić information content (AvgIpc) is 2.81. The summed E-state index contributed by atoms with van der Waals surface area (Å²) in [7, 11) is 0. The van der Waals surface area contributed by atoms with Gasteiger partial charge in [0.2, 0.25) is 5.92 Å². The van der Waals surface area contributed by atoms with Gasteiger partial charge in [-0.15, -0.1) is 0 Å². The van der Waals surface area contributed by atoms with Crippen LogP contribution in [0.25, 0.3) is 11.0 Å². The largest absolute Gasteiger partial charge is 0.459 e. The van der Waals surface area contributed by atoms with Crippen molar-refractivity contribution in [2.45, 2.75) is 37.6 Å². The monoisotopic (exact) mass is 265 g/mol. The van der Waals surface area contributed by atoms with Crippen LogP contribution < -0.4 is 5.73 Å². The van der Waals surface area contributed by atoms with E-state index in [2.05, 4.69) is 0 Å². The van der Waals surface area contributed by atoms with Gasteiger partial charge < -0.3 is 10.2 Å². The summed E-state index contributed by atoms with van der Waals surface area (Å²) in [6, 6.07) is 9.33. The fraction of sp³-hybridized carbons (Fsp3) is 0.467. The Morgan fingerprint density at radius 3 is 2.58 bits per heavy atom. The van der Waals surface area contributed by atoms with Crippen molar-refractivity contribution in [3.05, 3.63) is 36.1 Å². The number of para-hydroxylation sites is 1. The first-order chi connectivity index (χ1) is 9.05. The fourth-order valence-corrected chi connectivity index (χ4v) is 2.82. The van der Waals surface area contributed by atoms with E-state index in [1.807, 2.05) is 30.3 Å². The third-order valence-corrected chi connectivity index (χ3v) is 4.04. The molecule has 0 bridgehead atoms. The zero-order chi connectivity index (χ0) is 13.5. The third-order valence-electron chi connectivity index (χ3n) is 4.04. The molecule has 0 amide bonds. The average molecular weight is 265 g/mol. The Bertz CT molecular complexity index is 535. The molecule has 1 atom stereocenters. The molecule has 1 aromatic carbocycles. The quantitative estimate of drug-likeness (QED) is 0.881. The van der Waals surface area contributed by atoms with Crippen molar-refractivity contribution in [2.24, 2.45) is 11.7 Å². The maximum Gasteiger partial charge on any atom is 0.248 e. The van der Waals surface area contributed by atoms with Crippen molar-refractivity contribution in [3.8, 4) is 0 Å². The van der Waals surface area contributed by atoms with Gasteiger partial charge >= 0.3 is 0 Å². The predicted molar refractivity (Wildman–Crippen MR) is 70.0 cm³/mol. The van der Waals surface area contributed by atoms with E-state index < -0.39 is 5.92 Å². The van der Waals surface area contributed by atoms with E-state index >= 15 is 0 Å². The molecule has 3 rings (SSSR count). The normalized spacial score (nSPS) is 21.6. The lowest BCUT2D eigenvalue weighted by molar-refractivity contribution is -0.0489. The maximum absolute atomic E-state index is 13.1. The summed E-state index contributed by atoms with van der Waals surface area (Å²) in [5.41, 5.74) is 6.98. The minimum Gasteiger partial charge on any atom is -0.459 e. The summed E-state index contributed by atoms with van der Waals surface area (Å²) in [4.78, 5) is 0. The first kappa shape index (κ1) is 12.6. The number of hydrogen-bond acceptors (Lipinski definition) is 2. The molecule has 4 heteroatoms. The van der Waals surface area contributed by atoms with Crippen molar-refractivity contribution in [3.63, 3.8) is 0 Å². The highest BCUT2D eigenvalue weighted by molar-refractivity contribution is 5.77. The highest BCUT2D eigenvalue weighted by atomic mass is 19.3. The highest BCUT2D eigenvalue weighted by Gasteiger charge is 2.37. The Labute approximate surface area is 110 Å². The van der Waals surface area contributed by atoms with Gasteiger partial charge in [0, 0.05) is 18.2 Å². The standard InChI is InChI=1S/C15H17F2NO/c16-15(17)7-5-10(6-8-15)14(18)13-9-11-3-1-2-4-12(11)19-13/h1-4,9-10,14H,5-8,18H2. The van der Waals surface area contributed by atoms with Crippen molar-refractivity contribution >= 4 is 11.0 Å². The second-order valence-corrected chi connectivity index (χ2v) is 5.41. The van der Waals surface area contributed by atoms with Gasteiger partial charge in [0.1, 0.15) is 11.3 Å². The van der Waals surface area contributed by atoms with Crippen LogP contribution in [-0.4, -0.2) is 5.92 Å². The molecule has 1 unspecified atom stereocenters. The number of nitrogens with two attached hydrogens (primary N) is 1. The van der Waals surface area contributed by atoms with E-state index in [9.17, 15) is 8.78 Å². The lowest BCUT2D eigenvalue weighted by atomic mass is 9.81. The van der Waals surface area contributed by atoms with E-state index in [4.69, 9.17) is 10.2 Å². The zero-order valence-corrected chi connectivity index (χ0v) is 10.6. The number of furan rings is 1. The van der Waals surface area contributed by atoms with Crippen LogP contribution in [0.1, 0.15) is 37.5 Å². The number of benzene rings is 1. The molecule has 0 saturated heterocycles. The first-order valence-corrected chi connectivity index (χ1v) is 6.67. The summed E-state index contributed by atoms with van der Waals surface area (Å²) in [5.74, 6) is -1.72. The predicted octanol–water partition coefficient (Wildman–Crippen LogP) is 4.26. The number of rotatable bonds is 2. The SMILES string of the molecule is NC(c1cc2ccccc2o1)C1CCC(F)(F)CC1. The van der Waals surface area contributed by atoms with Gasteiger partial charge in [-0.05, 0) is 30.9 Å². The van der Waals surface area contributed by atoms with Crippen LogP contribution in [0.4, 0.5) is 8.78 Å². The minimum absolute atomic E-state index is 0.0639. The number of alkyl halides is 2. The van der Waals surface area contributed by atoms with E-state index in [1.54, 1.807) is 0 Å². The Morgan fingerprint density at radius 2 is 1.89 bits per heavy atom. The summed E-state index contributed by atoms with van der Waals surface area (Å²) in [5, 5.41) is 1.01. The maximum atomic E-state index is 13.1. The molecule has 1 heterocycles. The Morgan fingerprint density at radius 1 is 1.21 bits per heavy atom. The second-order valence-electron chi connectivity index (χ2n) is 5.41. The molecule has 1 aliphatic rings. The van der Waals surface area contributed by atoms with Gasteiger partial charge in [-0.1, -0.05) is 18.2 Å². The highest BCUT2D eigenvalue weighted by Crippen LogP contribution is 2.41. The molecule has 1 saturated carbocycles. The van der Waals surface area contributed by atoms with Crippen LogP contribution in [0.3, 0.4) is 0 Å². The Hall–Kier alpha value is -1.42. The van der Waals surface area contributed by atoms with Crippen molar-refractivity contribution in [1.82, 2.24) is 0 Å². The molecule has 102 valence electrons. The molecule has 2 N–H and O–H groups in total. The molecule has 19 heavy (non-hydrogen) atoms. The molecule has 1 aromatic heterocycles. The zero-order valence-electron chi connectivity index (χ0n) is 10.6. The second kappa shape index (κ2) is 4.60. The van der Waals surface area contributed by atoms with E-state index in [-0.39, 0.29) is 24.8 Å². The van der Waals surface area contributed by atoms with Gasteiger partial charge in [0.25, 0.3) is 0 Å². The Balaban J connectivity index is 1.78. The molecule has 1 aliphatic carbocycles. The minimum atomic E-state index is -2.51. The van der Waals surface area contributed by atoms with E-state index in [1.165, 1.54) is 0 Å². The lowest BCUT2D eigenvalue weighted by Gasteiger charge is -2.31. The van der Waals surface area contributed by atoms with Crippen LogP contribution in [0, 0.1) is 5.92 Å². The van der Waals surface area contributed by atoms with Crippen molar-refractivity contribution < 1.29 is 13.2 Å².